The van der Waals surface area contributed by atoms with Gasteiger partial charge >= 0.3 is 239 Å². The van der Waals surface area contributed by atoms with Crippen LogP contribution in [0.4, 0.5) is 0 Å². The Balaban J connectivity index is 0.00000194. The van der Waals surface area contributed by atoms with Gasteiger partial charge in [0.15, 0.2) is 0 Å². The maximum Gasteiger partial charge on any atom is -0.147 e. The molecule has 0 aromatic heterocycles. The maximum absolute atomic E-state index is 3.61. The van der Waals surface area contributed by atoms with Gasteiger partial charge in [-0.2, -0.15) is 0 Å². The summed E-state index contributed by atoms with van der Waals surface area (Å²) in [5.41, 5.74) is 15.0. The molecule has 1 unspecified atom stereocenters. The van der Waals surface area contributed by atoms with Crippen LogP contribution in [-0.2, 0) is 22.8 Å². The van der Waals surface area contributed by atoms with Gasteiger partial charge in [0.05, 0.1) is 0 Å². The first-order valence-corrected chi connectivity index (χ1v) is 28.3. The van der Waals surface area contributed by atoms with Crippen molar-refractivity contribution in [1.82, 2.24) is 0 Å². The van der Waals surface area contributed by atoms with Crippen molar-refractivity contribution in [3.05, 3.63) is 124 Å². The zero-order valence-electron chi connectivity index (χ0n) is 25.5. The molecule has 0 spiro atoms. The quantitative estimate of drug-likeness (QED) is 0.189. The van der Waals surface area contributed by atoms with Crippen LogP contribution in [0, 0.1) is 5.92 Å². The second-order valence-corrected chi connectivity index (χ2v) is 44.9. The molecule has 0 heterocycles. The summed E-state index contributed by atoms with van der Waals surface area (Å²) in [5, 5.41) is 0. The fourth-order valence-corrected chi connectivity index (χ4v) is 26.9. The molecule has 0 saturated carbocycles. The molecule has 2 aliphatic carbocycles. The van der Waals surface area contributed by atoms with Gasteiger partial charge in [0.1, 0.15) is 0 Å². The van der Waals surface area contributed by atoms with Gasteiger partial charge in [-0.05, 0) is 0 Å². The molecule has 0 amide bonds. The second kappa shape index (κ2) is 11.1. The molecule has 0 fully saturated rings. The molecule has 4 aromatic rings. The topological polar surface area (TPSA) is 0 Å². The Kier molecular flexibility index (Phi) is 8.72. The van der Waals surface area contributed by atoms with Crippen LogP contribution >= 0.6 is 24.8 Å². The third kappa shape index (κ3) is 5.22. The van der Waals surface area contributed by atoms with Crippen molar-refractivity contribution in [1.29, 1.82) is 0 Å². The molecular formula is C37H44Cl2SiZr. The van der Waals surface area contributed by atoms with Gasteiger partial charge in [0, 0.05) is 0 Å². The second-order valence-electron chi connectivity index (χ2n) is 14.4. The maximum atomic E-state index is 2.75. The van der Waals surface area contributed by atoms with Crippen LogP contribution in [0.15, 0.2) is 96.6 Å². The first kappa shape index (κ1) is 32.2. The molecule has 4 heteroatoms. The third-order valence-corrected chi connectivity index (χ3v) is 26.8. The number of allylic oxidation sites excluding steroid dienone is 1. The van der Waals surface area contributed by atoms with Crippen LogP contribution < -0.4 is 0 Å². The molecule has 0 nitrogen and oxygen atoms in total. The summed E-state index contributed by atoms with van der Waals surface area (Å²) in [7, 11) is 0. The van der Waals surface area contributed by atoms with Gasteiger partial charge in [-0.25, -0.2) is 0 Å². The predicted octanol–water partition coefficient (Wildman–Crippen LogP) is 10.7. The van der Waals surface area contributed by atoms with E-state index in [0.717, 1.165) is 0 Å². The Bertz CT molecular complexity index is 1650. The summed E-state index contributed by atoms with van der Waals surface area (Å²) in [6.07, 6.45) is 2.60. The predicted molar refractivity (Wildman–Crippen MR) is 185 cm³/mol. The largest absolute Gasteiger partial charge is 0.147 e. The van der Waals surface area contributed by atoms with Gasteiger partial charge in [0.2, 0.25) is 0 Å². The van der Waals surface area contributed by atoms with Crippen LogP contribution in [0.2, 0.25) is 9.26 Å². The van der Waals surface area contributed by atoms with Crippen LogP contribution in [-0.4, -0.2) is 6.88 Å². The first-order chi connectivity index (χ1) is 18.4. The molecular weight excluding hydrogens is 635 g/mol. The first-order valence-electron chi connectivity index (χ1n) is 14.6. The van der Waals surface area contributed by atoms with Crippen LogP contribution in [0.25, 0.3) is 28.3 Å². The number of halogens is 2. The fraction of sp³-hybridized carbons (Fsp3) is 0.297. The Labute approximate surface area is 262 Å². The van der Waals surface area contributed by atoms with E-state index in [2.05, 4.69) is 148 Å². The number of hydrogen-bond donors (Lipinski definition) is 0. The Morgan fingerprint density at radius 3 is 1.63 bits per heavy atom. The van der Waals surface area contributed by atoms with E-state index in [1.54, 1.807) is 22.3 Å². The molecule has 0 radical (unpaired) electrons. The zero-order chi connectivity index (χ0) is 27.8. The minimum absolute atomic E-state index is 0. The van der Waals surface area contributed by atoms with Crippen molar-refractivity contribution in [2.24, 2.45) is 5.92 Å². The summed E-state index contributed by atoms with van der Waals surface area (Å²) in [4.78, 5) is 0. The molecule has 1 atom stereocenters. The molecule has 214 valence electrons. The van der Waals surface area contributed by atoms with E-state index in [1.807, 2.05) is 0 Å². The summed E-state index contributed by atoms with van der Waals surface area (Å²) < 4.78 is 6.55. The average molecular weight is 679 g/mol. The van der Waals surface area contributed by atoms with Crippen LogP contribution in [0.3, 0.4) is 0 Å². The average Bonchev–Trinajstić information content (AvgIpc) is 3.46. The van der Waals surface area contributed by atoms with Crippen molar-refractivity contribution in [2.45, 2.75) is 56.5 Å². The smallest absolute Gasteiger partial charge is 0.147 e. The van der Waals surface area contributed by atoms with Gasteiger partial charge in [-0.15, -0.1) is 24.8 Å². The summed E-state index contributed by atoms with van der Waals surface area (Å²) in [5.74, 6) is 0.517. The molecule has 0 N–H and O–H groups in total. The number of fused-ring (bicyclic) bond motifs is 4. The van der Waals surface area contributed by atoms with E-state index in [4.69, 9.17) is 0 Å². The van der Waals surface area contributed by atoms with Gasteiger partial charge in [0.25, 0.3) is 0 Å². The SMILES string of the molecule is CC(C)C1=Cc2c(-c3ccc(C(C)(C)C)cc3)cccc2[CH]1[Zr]([CH3])([CH3])(=[SiH2])[CH]1c2ccccc2-c2ccccc21.Cl.Cl. The zero-order valence-corrected chi connectivity index (χ0v) is 31.0. The molecule has 41 heavy (non-hydrogen) atoms. The van der Waals surface area contributed by atoms with Crippen molar-refractivity contribution in [3.8, 4) is 22.3 Å². The van der Waals surface area contributed by atoms with Crippen LogP contribution in [0.1, 0.15) is 69.7 Å². The van der Waals surface area contributed by atoms with E-state index in [9.17, 15) is 0 Å². The monoisotopic (exact) mass is 676 g/mol. The van der Waals surface area contributed by atoms with E-state index < -0.39 is 17.4 Å². The third-order valence-electron chi connectivity index (χ3n) is 9.55. The number of hydrogen-bond acceptors (Lipinski definition) is 0. The molecule has 6 rings (SSSR count). The van der Waals surface area contributed by atoms with Gasteiger partial charge in [-0.1, -0.05) is 0 Å². The summed E-state index contributed by atoms with van der Waals surface area (Å²) in [6, 6.07) is 35.0. The Hall–Kier alpha value is -1.70. The Morgan fingerprint density at radius 2 is 1.12 bits per heavy atom. The molecule has 4 aromatic carbocycles. The van der Waals surface area contributed by atoms with Gasteiger partial charge < -0.3 is 0 Å². The van der Waals surface area contributed by atoms with Crippen LogP contribution in [0.5, 0.6) is 0 Å². The summed E-state index contributed by atoms with van der Waals surface area (Å²) in [6.45, 7) is 14.1. The molecule has 2 aliphatic rings. The molecule has 0 aliphatic heterocycles. The van der Waals surface area contributed by atoms with E-state index in [1.165, 1.54) is 33.4 Å². The fourth-order valence-electron chi connectivity index (χ4n) is 7.73. The van der Waals surface area contributed by atoms with Gasteiger partial charge in [-0.3, -0.25) is 0 Å². The van der Waals surface area contributed by atoms with Crippen molar-refractivity contribution in [2.75, 3.05) is 0 Å². The van der Waals surface area contributed by atoms with Crippen molar-refractivity contribution in [3.63, 3.8) is 0 Å². The number of benzene rings is 4. The Morgan fingerprint density at radius 1 is 0.634 bits per heavy atom. The summed E-state index contributed by atoms with van der Waals surface area (Å²) >= 11 is -3.61. The minimum atomic E-state index is -3.61. The van der Waals surface area contributed by atoms with E-state index in [0.29, 0.717) is 13.2 Å². The van der Waals surface area contributed by atoms with Crippen molar-refractivity contribution >= 4 is 37.8 Å². The minimum Gasteiger partial charge on any atom is -0.147 e. The van der Waals surface area contributed by atoms with E-state index in [-0.39, 0.29) is 30.2 Å². The number of rotatable bonds is 4. The molecule has 0 saturated heterocycles. The molecule has 0 bridgehead atoms. The van der Waals surface area contributed by atoms with Crippen molar-refractivity contribution < 1.29 is 17.4 Å². The standard InChI is InChI=1S/C22H25.C13H9.2CH3.2ClH.H2Si.Zr/c1-15(2)18-13-17-7-6-8-20(21(17)14-18)16-9-11-19(12-10-16)22(3,4)5;1-3-7-12-10(5-1)9-11-6-2-4-8-13(11)12;;;;;;/h6-15H,1-5H3;1-9H;2*1H3;2*1H;1H2;. The van der Waals surface area contributed by atoms with E-state index >= 15 is 0 Å². The normalized spacial score (nSPS) is 16.3.